The largest absolute Gasteiger partial charge is 0.399 e. The second kappa shape index (κ2) is 6.97. The lowest BCUT2D eigenvalue weighted by Crippen LogP contribution is -2.36. The molecule has 0 aliphatic carbocycles. The van der Waals surface area contributed by atoms with Crippen molar-refractivity contribution in [2.45, 2.75) is 6.92 Å². The summed E-state index contributed by atoms with van der Waals surface area (Å²) in [4.78, 5) is 6.96. The molecule has 1 aromatic carbocycles. The Morgan fingerprint density at radius 3 is 2.68 bits per heavy atom. The van der Waals surface area contributed by atoms with Crippen LogP contribution in [0.3, 0.4) is 0 Å². The number of nitrogens with one attached hydrogen (secondary N) is 1. The van der Waals surface area contributed by atoms with Crippen LogP contribution in [-0.4, -0.2) is 46.9 Å². The average molecular weight is 377 g/mol. The van der Waals surface area contributed by atoms with Gasteiger partial charge in [0.15, 0.2) is 11.5 Å². The molecule has 5 N–H and O–H groups in total. The number of fused-ring (bicyclic) bond motifs is 1. The number of nitrogens with two attached hydrogens (primary N) is 2. The third-order valence-electron chi connectivity index (χ3n) is 4.85. The number of benzene rings is 1. The van der Waals surface area contributed by atoms with E-state index in [0.717, 1.165) is 41.0 Å². The van der Waals surface area contributed by atoms with Crippen molar-refractivity contribution in [3.8, 4) is 11.1 Å². The SMILES string of the molecule is C=C(N)c1cccc(-c2cc(N3CCOCC3)nc3c2c(N)nn3C(C)=N)c1. The summed E-state index contributed by atoms with van der Waals surface area (Å²) in [5.74, 6) is 1.41. The molecule has 8 nitrogen and oxygen atoms in total. The fourth-order valence-corrected chi connectivity index (χ4v) is 3.43. The van der Waals surface area contributed by atoms with Crippen molar-refractivity contribution >= 4 is 34.2 Å². The van der Waals surface area contributed by atoms with E-state index in [1.807, 2.05) is 30.3 Å². The molecule has 4 rings (SSSR count). The quantitative estimate of drug-likeness (QED) is 0.476. The summed E-state index contributed by atoms with van der Waals surface area (Å²) in [5, 5.41) is 13.1. The standard InChI is InChI=1S/C20H23N7O/c1-12(21)14-4-3-5-15(10-14)16-11-17(26-6-8-28-9-7-26)24-20-18(16)19(23)25-27(20)13(2)22/h3-5,10-11,22H,1,6-9,21H2,2H3,(H2,23,25). The van der Waals surface area contributed by atoms with E-state index in [0.29, 0.717) is 30.4 Å². The van der Waals surface area contributed by atoms with Gasteiger partial charge in [-0.05, 0) is 30.2 Å². The molecular weight excluding hydrogens is 354 g/mol. The summed E-state index contributed by atoms with van der Waals surface area (Å²) in [6, 6.07) is 9.85. The minimum absolute atomic E-state index is 0.253. The Morgan fingerprint density at radius 1 is 1.25 bits per heavy atom. The van der Waals surface area contributed by atoms with Gasteiger partial charge in [0.1, 0.15) is 11.7 Å². The number of rotatable bonds is 3. The summed E-state index contributed by atoms with van der Waals surface area (Å²) >= 11 is 0. The van der Waals surface area contributed by atoms with Gasteiger partial charge in [-0.1, -0.05) is 24.8 Å². The molecule has 0 unspecified atom stereocenters. The summed E-state index contributed by atoms with van der Waals surface area (Å²) in [6.07, 6.45) is 0. The molecule has 0 radical (unpaired) electrons. The van der Waals surface area contributed by atoms with Gasteiger partial charge in [-0.3, -0.25) is 5.41 Å². The predicted octanol–water partition coefficient (Wildman–Crippen LogP) is 2.29. The van der Waals surface area contributed by atoms with E-state index in [9.17, 15) is 0 Å². The van der Waals surface area contributed by atoms with E-state index in [4.69, 9.17) is 26.6 Å². The lowest BCUT2D eigenvalue weighted by atomic mass is 10.00. The molecule has 8 heteroatoms. The molecule has 0 atom stereocenters. The number of ether oxygens (including phenoxy) is 1. The van der Waals surface area contributed by atoms with Crippen LogP contribution in [0.1, 0.15) is 12.5 Å². The topological polar surface area (TPSA) is 119 Å². The Hall–Kier alpha value is -3.39. The smallest absolute Gasteiger partial charge is 0.169 e. The maximum Gasteiger partial charge on any atom is 0.169 e. The highest BCUT2D eigenvalue weighted by Crippen LogP contribution is 2.35. The van der Waals surface area contributed by atoms with Crippen molar-refractivity contribution in [2.75, 3.05) is 36.9 Å². The molecule has 1 fully saturated rings. The number of morpholine rings is 1. The first-order valence-electron chi connectivity index (χ1n) is 9.08. The van der Waals surface area contributed by atoms with Gasteiger partial charge in [-0.15, -0.1) is 5.10 Å². The van der Waals surface area contributed by atoms with Crippen LogP contribution in [0.15, 0.2) is 36.9 Å². The van der Waals surface area contributed by atoms with Crippen LogP contribution in [0.4, 0.5) is 11.6 Å². The number of nitrogen functional groups attached to an aromatic ring is 1. The number of anilines is 2. The van der Waals surface area contributed by atoms with Crippen LogP contribution in [0, 0.1) is 5.41 Å². The number of pyridine rings is 1. The Bertz CT molecular complexity index is 1080. The third-order valence-corrected chi connectivity index (χ3v) is 4.85. The van der Waals surface area contributed by atoms with Gasteiger partial charge in [-0.2, -0.15) is 4.68 Å². The van der Waals surface area contributed by atoms with E-state index >= 15 is 0 Å². The molecule has 3 aromatic rings. The maximum absolute atomic E-state index is 8.05. The van der Waals surface area contributed by atoms with Gasteiger partial charge in [0.25, 0.3) is 0 Å². The Balaban J connectivity index is 1.99. The lowest BCUT2D eigenvalue weighted by Gasteiger charge is -2.28. The van der Waals surface area contributed by atoms with Gasteiger partial charge in [0.05, 0.1) is 18.6 Å². The van der Waals surface area contributed by atoms with Crippen molar-refractivity contribution in [3.05, 3.63) is 42.5 Å². The zero-order valence-electron chi connectivity index (χ0n) is 15.8. The molecule has 3 heterocycles. The van der Waals surface area contributed by atoms with Crippen LogP contribution < -0.4 is 16.4 Å². The minimum atomic E-state index is 0.253. The molecule has 0 amide bonds. The molecule has 144 valence electrons. The Morgan fingerprint density at radius 2 is 2.00 bits per heavy atom. The third kappa shape index (κ3) is 3.07. The molecule has 0 spiro atoms. The van der Waals surface area contributed by atoms with Gasteiger partial charge < -0.3 is 21.1 Å². The second-order valence-electron chi connectivity index (χ2n) is 6.81. The number of nitrogens with zero attached hydrogens (tertiary/aromatic N) is 4. The molecule has 1 aliphatic heterocycles. The monoisotopic (exact) mass is 377 g/mol. The van der Waals surface area contributed by atoms with E-state index in [1.54, 1.807) is 6.92 Å². The van der Waals surface area contributed by atoms with Crippen LogP contribution in [0.5, 0.6) is 0 Å². The molecule has 28 heavy (non-hydrogen) atoms. The van der Waals surface area contributed by atoms with Crippen molar-refractivity contribution < 1.29 is 4.74 Å². The summed E-state index contributed by atoms with van der Waals surface area (Å²) < 4.78 is 6.94. The van der Waals surface area contributed by atoms with E-state index < -0.39 is 0 Å². The predicted molar refractivity (Wildman–Crippen MR) is 112 cm³/mol. The van der Waals surface area contributed by atoms with Crippen LogP contribution >= 0.6 is 0 Å². The highest BCUT2D eigenvalue weighted by molar-refractivity contribution is 6.04. The van der Waals surface area contributed by atoms with E-state index in [1.165, 1.54) is 4.68 Å². The van der Waals surface area contributed by atoms with Crippen LogP contribution in [0.2, 0.25) is 0 Å². The Labute approximate surface area is 162 Å². The van der Waals surface area contributed by atoms with Gasteiger partial charge >= 0.3 is 0 Å². The van der Waals surface area contributed by atoms with E-state index in [-0.39, 0.29) is 5.84 Å². The van der Waals surface area contributed by atoms with E-state index in [2.05, 4.69) is 16.6 Å². The molecule has 1 saturated heterocycles. The number of hydrogen-bond donors (Lipinski definition) is 3. The summed E-state index contributed by atoms with van der Waals surface area (Å²) in [7, 11) is 0. The zero-order chi connectivity index (χ0) is 19.8. The molecule has 2 aromatic heterocycles. The van der Waals surface area contributed by atoms with Crippen LogP contribution in [-0.2, 0) is 4.74 Å². The van der Waals surface area contributed by atoms with Crippen LogP contribution in [0.25, 0.3) is 27.9 Å². The summed E-state index contributed by atoms with van der Waals surface area (Å²) in [6.45, 7) is 8.31. The maximum atomic E-state index is 8.05. The molecule has 1 aliphatic rings. The van der Waals surface area contributed by atoms with Crippen molar-refractivity contribution in [3.63, 3.8) is 0 Å². The second-order valence-corrected chi connectivity index (χ2v) is 6.81. The lowest BCUT2D eigenvalue weighted by molar-refractivity contribution is 0.122. The van der Waals surface area contributed by atoms with Crippen molar-refractivity contribution in [1.29, 1.82) is 5.41 Å². The van der Waals surface area contributed by atoms with Gasteiger partial charge in [0.2, 0.25) is 0 Å². The highest BCUT2D eigenvalue weighted by atomic mass is 16.5. The molecular formula is C20H23N7O. The van der Waals surface area contributed by atoms with Crippen molar-refractivity contribution in [1.82, 2.24) is 14.8 Å². The molecule has 0 saturated carbocycles. The highest BCUT2D eigenvalue weighted by Gasteiger charge is 2.21. The Kier molecular flexibility index (Phi) is 4.48. The molecule has 0 bridgehead atoms. The average Bonchev–Trinajstić information content (AvgIpc) is 3.05. The van der Waals surface area contributed by atoms with Gasteiger partial charge in [-0.25, -0.2) is 4.98 Å². The first-order chi connectivity index (χ1) is 13.5. The first kappa shape index (κ1) is 18.0. The fourth-order valence-electron chi connectivity index (χ4n) is 3.43. The van der Waals surface area contributed by atoms with Gasteiger partial charge in [0, 0.05) is 24.4 Å². The minimum Gasteiger partial charge on any atom is -0.399 e. The number of hydrogen-bond acceptors (Lipinski definition) is 7. The zero-order valence-corrected chi connectivity index (χ0v) is 15.8. The normalized spacial score (nSPS) is 14.4. The number of aromatic nitrogens is 3. The first-order valence-corrected chi connectivity index (χ1v) is 9.08. The fraction of sp³-hybridized carbons (Fsp3) is 0.250. The summed E-state index contributed by atoms with van der Waals surface area (Å²) in [5.41, 5.74) is 15.9. The van der Waals surface area contributed by atoms with Crippen molar-refractivity contribution in [2.24, 2.45) is 5.73 Å².